The molecule has 2 rings (SSSR count). The first-order chi connectivity index (χ1) is 7.07. The minimum absolute atomic E-state index is 0.242. The molecule has 0 heterocycles. The Balaban J connectivity index is 2.02. The predicted octanol–water partition coefficient (Wildman–Crippen LogP) is 1.69. The van der Waals surface area contributed by atoms with Gasteiger partial charge in [-0.3, -0.25) is 0 Å². The van der Waals surface area contributed by atoms with Crippen LogP contribution in [0.3, 0.4) is 0 Å². The van der Waals surface area contributed by atoms with Gasteiger partial charge in [0.2, 0.25) is 0 Å². The lowest BCUT2D eigenvalue weighted by Gasteiger charge is -2.39. The van der Waals surface area contributed by atoms with Crippen molar-refractivity contribution in [3.8, 4) is 0 Å². The second-order valence-corrected chi connectivity index (χ2v) is 4.18. The van der Waals surface area contributed by atoms with Crippen LogP contribution in [0.4, 0.5) is 4.39 Å². The van der Waals surface area contributed by atoms with Crippen molar-refractivity contribution in [2.45, 2.75) is 24.5 Å². The molecule has 0 saturated heterocycles. The van der Waals surface area contributed by atoms with E-state index in [9.17, 15) is 4.39 Å². The van der Waals surface area contributed by atoms with Crippen LogP contribution < -0.4 is 5.73 Å². The molecule has 0 aliphatic heterocycles. The summed E-state index contributed by atoms with van der Waals surface area (Å²) in [5.41, 5.74) is 6.49. The molecular weight excluding hydrogens is 193 g/mol. The molecule has 15 heavy (non-hydrogen) atoms. The third-order valence-corrected chi connectivity index (χ3v) is 2.71. The van der Waals surface area contributed by atoms with Crippen LogP contribution in [0.2, 0.25) is 0 Å². The molecule has 0 radical (unpaired) electrons. The van der Waals surface area contributed by atoms with Crippen LogP contribution in [0.1, 0.15) is 18.4 Å². The second kappa shape index (κ2) is 3.76. The van der Waals surface area contributed by atoms with E-state index in [-0.39, 0.29) is 17.5 Å². The van der Waals surface area contributed by atoms with Crippen LogP contribution in [0.25, 0.3) is 6.08 Å². The SMILES string of the molecule is NC1(/C=C/c2ccc(F)cc2)CC(O)C1. The fraction of sp³-hybridized carbons (Fsp3) is 0.333. The predicted molar refractivity (Wildman–Crippen MR) is 57.6 cm³/mol. The summed E-state index contributed by atoms with van der Waals surface area (Å²) >= 11 is 0. The lowest BCUT2D eigenvalue weighted by Crippen LogP contribution is -2.52. The quantitative estimate of drug-likeness (QED) is 0.775. The lowest BCUT2D eigenvalue weighted by molar-refractivity contribution is 0.0460. The Morgan fingerprint density at radius 1 is 1.33 bits per heavy atom. The van der Waals surface area contributed by atoms with Crippen LogP contribution in [0.5, 0.6) is 0 Å². The van der Waals surface area contributed by atoms with Crippen LogP contribution in [-0.4, -0.2) is 16.7 Å². The fourth-order valence-corrected chi connectivity index (χ4v) is 1.79. The number of nitrogens with two attached hydrogens (primary N) is 1. The summed E-state index contributed by atoms with van der Waals surface area (Å²) in [4.78, 5) is 0. The van der Waals surface area contributed by atoms with E-state index < -0.39 is 0 Å². The molecule has 1 aliphatic rings. The molecule has 3 heteroatoms. The molecule has 1 fully saturated rings. The van der Waals surface area contributed by atoms with Gasteiger partial charge in [0.05, 0.1) is 6.10 Å². The van der Waals surface area contributed by atoms with E-state index in [0.717, 1.165) is 5.56 Å². The third-order valence-electron chi connectivity index (χ3n) is 2.71. The van der Waals surface area contributed by atoms with Gasteiger partial charge in [-0.15, -0.1) is 0 Å². The van der Waals surface area contributed by atoms with Crippen molar-refractivity contribution in [2.24, 2.45) is 5.73 Å². The number of rotatable bonds is 2. The number of halogens is 1. The minimum atomic E-state index is -0.381. The zero-order valence-electron chi connectivity index (χ0n) is 8.36. The number of aliphatic hydroxyl groups excluding tert-OH is 1. The molecule has 0 atom stereocenters. The van der Waals surface area contributed by atoms with Gasteiger partial charge in [0.1, 0.15) is 5.82 Å². The van der Waals surface area contributed by atoms with Crippen molar-refractivity contribution in [1.29, 1.82) is 0 Å². The Bertz CT molecular complexity index is 366. The van der Waals surface area contributed by atoms with E-state index in [1.54, 1.807) is 12.1 Å². The van der Waals surface area contributed by atoms with Crippen molar-refractivity contribution in [1.82, 2.24) is 0 Å². The number of benzene rings is 1. The van der Waals surface area contributed by atoms with Gasteiger partial charge in [-0.25, -0.2) is 4.39 Å². The molecular formula is C12H14FNO. The molecule has 80 valence electrons. The fourth-order valence-electron chi connectivity index (χ4n) is 1.79. The van der Waals surface area contributed by atoms with Gasteiger partial charge in [-0.1, -0.05) is 24.3 Å². The number of hydrogen-bond donors (Lipinski definition) is 2. The van der Waals surface area contributed by atoms with Crippen LogP contribution in [-0.2, 0) is 0 Å². The van der Waals surface area contributed by atoms with Gasteiger partial charge in [-0.05, 0) is 30.5 Å². The summed E-state index contributed by atoms with van der Waals surface area (Å²) < 4.78 is 12.6. The van der Waals surface area contributed by atoms with E-state index >= 15 is 0 Å². The molecule has 0 spiro atoms. The molecule has 2 nitrogen and oxygen atoms in total. The van der Waals surface area contributed by atoms with E-state index in [1.807, 2.05) is 12.2 Å². The van der Waals surface area contributed by atoms with E-state index in [0.29, 0.717) is 12.8 Å². The lowest BCUT2D eigenvalue weighted by atomic mass is 9.75. The Morgan fingerprint density at radius 3 is 2.47 bits per heavy atom. The highest BCUT2D eigenvalue weighted by molar-refractivity contribution is 5.51. The maximum absolute atomic E-state index is 12.6. The van der Waals surface area contributed by atoms with Crippen molar-refractivity contribution >= 4 is 6.08 Å². The van der Waals surface area contributed by atoms with Gasteiger partial charge in [0, 0.05) is 5.54 Å². The van der Waals surface area contributed by atoms with E-state index in [1.165, 1.54) is 12.1 Å². The monoisotopic (exact) mass is 207 g/mol. The average molecular weight is 207 g/mol. The summed E-state index contributed by atoms with van der Waals surface area (Å²) in [6.07, 6.45) is 4.68. The van der Waals surface area contributed by atoms with Crippen molar-refractivity contribution in [3.63, 3.8) is 0 Å². The second-order valence-electron chi connectivity index (χ2n) is 4.18. The summed E-state index contributed by atoms with van der Waals surface area (Å²) in [5.74, 6) is -0.242. The van der Waals surface area contributed by atoms with E-state index in [4.69, 9.17) is 10.8 Å². The van der Waals surface area contributed by atoms with Gasteiger partial charge in [0.15, 0.2) is 0 Å². The topological polar surface area (TPSA) is 46.2 Å². The van der Waals surface area contributed by atoms with Crippen LogP contribution in [0, 0.1) is 5.82 Å². The van der Waals surface area contributed by atoms with Gasteiger partial charge in [-0.2, -0.15) is 0 Å². The normalized spacial score (nSPS) is 30.5. The number of hydrogen-bond acceptors (Lipinski definition) is 2. The zero-order valence-corrected chi connectivity index (χ0v) is 8.36. The maximum atomic E-state index is 12.6. The minimum Gasteiger partial charge on any atom is -0.393 e. The largest absolute Gasteiger partial charge is 0.393 e. The molecule has 0 bridgehead atoms. The zero-order chi connectivity index (χ0) is 10.9. The molecule has 1 aromatic carbocycles. The Labute approximate surface area is 88.2 Å². The van der Waals surface area contributed by atoms with Gasteiger partial charge >= 0.3 is 0 Å². The Kier molecular flexibility index (Phi) is 2.59. The molecule has 1 aromatic rings. The highest BCUT2D eigenvalue weighted by atomic mass is 19.1. The Morgan fingerprint density at radius 2 is 1.93 bits per heavy atom. The molecule has 3 N–H and O–H groups in total. The summed E-state index contributed by atoms with van der Waals surface area (Å²) in [7, 11) is 0. The third kappa shape index (κ3) is 2.43. The molecule has 0 amide bonds. The highest BCUT2D eigenvalue weighted by Crippen LogP contribution is 2.31. The Hall–Kier alpha value is -1.19. The van der Waals surface area contributed by atoms with E-state index in [2.05, 4.69) is 0 Å². The summed E-state index contributed by atoms with van der Waals surface area (Å²) in [6.45, 7) is 0. The van der Waals surface area contributed by atoms with Crippen molar-refractivity contribution < 1.29 is 9.50 Å². The first-order valence-electron chi connectivity index (χ1n) is 4.99. The molecule has 0 unspecified atom stereocenters. The first kappa shape index (κ1) is 10.3. The van der Waals surface area contributed by atoms with Crippen LogP contribution >= 0.6 is 0 Å². The van der Waals surface area contributed by atoms with Crippen molar-refractivity contribution in [2.75, 3.05) is 0 Å². The maximum Gasteiger partial charge on any atom is 0.123 e. The molecule has 1 saturated carbocycles. The summed E-state index contributed by atoms with van der Waals surface area (Å²) in [5, 5.41) is 9.15. The molecule has 0 aromatic heterocycles. The van der Waals surface area contributed by atoms with Crippen molar-refractivity contribution in [3.05, 3.63) is 41.7 Å². The van der Waals surface area contributed by atoms with Gasteiger partial charge in [0.25, 0.3) is 0 Å². The number of aliphatic hydroxyl groups is 1. The highest BCUT2D eigenvalue weighted by Gasteiger charge is 2.37. The van der Waals surface area contributed by atoms with Gasteiger partial charge < -0.3 is 10.8 Å². The first-order valence-corrected chi connectivity index (χ1v) is 4.99. The average Bonchev–Trinajstić information content (AvgIpc) is 2.15. The smallest absolute Gasteiger partial charge is 0.123 e. The summed E-state index contributed by atoms with van der Waals surface area (Å²) in [6, 6.07) is 6.23. The van der Waals surface area contributed by atoms with Crippen LogP contribution in [0.15, 0.2) is 30.3 Å². The standard InChI is InChI=1S/C12H14FNO/c13-10-3-1-9(2-4-10)5-6-12(14)7-11(15)8-12/h1-6,11,15H,7-8,14H2/b6-5+. The molecule has 1 aliphatic carbocycles.